The van der Waals surface area contributed by atoms with Gasteiger partial charge in [0.2, 0.25) is 15.9 Å². The summed E-state index contributed by atoms with van der Waals surface area (Å²) in [6, 6.07) is 1.62. The Morgan fingerprint density at radius 2 is 1.84 bits per heavy atom. The van der Waals surface area contributed by atoms with Crippen LogP contribution >= 0.6 is 11.3 Å². The molecule has 0 unspecified atom stereocenters. The van der Waals surface area contributed by atoms with Crippen LogP contribution in [0.15, 0.2) is 11.0 Å². The van der Waals surface area contributed by atoms with Crippen molar-refractivity contribution in [2.45, 2.75) is 24.9 Å². The fourth-order valence-electron chi connectivity index (χ4n) is 2.53. The number of ether oxygens (including phenoxy) is 1. The lowest BCUT2D eigenvalue weighted by Crippen LogP contribution is -2.51. The molecule has 1 aliphatic rings. The number of halogens is 3. The number of alkyl halides is 3. The lowest BCUT2D eigenvalue weighted by molar-refractivity contribution is -0.178. The maximum atomic E-state index is 12.7. The van der Waals surface area contributed by atoms with Crippen molar-refractivity contribution in [2.24, 2.45) is 0 Å². The molecule has 1 fully saturated rings. The third-order valence-electron chi connectivity index (χ3n) is 3.70. The number of carbonyl (C=O) groups is 1. The first-order valence-electron chi connectivity index (χ1n) is 7.50. The van der Waals surface area contributed by atoms with Gasteiger partial charge in [-0.15, -0.1) is 11.3 Å². The summed E-state index contributed by atoms with van der Waals surface area (Å²) in [6.45, 7) is 1.85. The standard InChI is InChI=1S/C14H19F3N2O4S2/c1-10-7-12(11(2)24-10)25(21,22)19-5-3-18(4-6-19)13(20)8-23-9-14(15,16)17/h7H,3-6,8-9H2,1-2H3. The van der Waals surface area contributed by atoms with Crippen molar-refractivity contribution in [3.63, 3.8) is 0 Å². The van der Waals surface area contributed by atoms with E-state index in [0.29, 0.717) is 4.88 Å². The Balaban J connectivity index is 1.91. The van der Waals surface area contributed by atoms with Gasteiger partial charge in [0, 0.05) is 35.9 Å². The minimum atomic E-state index is -4.48. The number of thiophene rings is 1. The van der Waals surface area contributed by atoms with Crippen LogP contribution in [0, 0.1) is 13.8 Å². The van der Waals surface area contributed by atoms with E-state index in [1.54, 1.807) is 13.0 Å². The Morgan fingerprint density at radius 3 is 2.32 bits per heavy atom. The summed E-state index contributed by atoms with van der Waals surface area (Å²) in [5.41, 5.74) is 0. The molecule has 0 bridgehead atoms. The molecule has 0 atom stereocenters. The molecule has 0 radical (unpaired) electrons. The summed E-state index contributed by atoms with van der Waals surface area (Å²) in [4.78, 5) is 15.0. The van der Waals surface area contributed by atoms with Crippen LogP contribution in [0.25, 0.3) is 0 Å². The van der Waals surface area contributed by atoms with Crippen LogP contribution in [0.2, 0.25) is 0 Å². The predicted molar refractivity (Wildman–Crippen MR) is 86.0 cm³/mol. The second-order valence-electron chi connectivity index (χ2n) is 5.67. The summed E-state index contributed by atoms with van der Waals surface area (Å²) in [5.74, 6) is -0.580. The number of hydrogen-bond donors (Lipinski definition) is 0. The average molecular weight is 400 g/mol. The number of hydrogen-bond acceptors (Lipinski definition) is 5. The monoisotopic (exact) mass is 400 g/mol. The Hall–Kier alpha value is -1.17. The molecule has 1 saturated heterocycles. The van der Waals surface area contributed by atoms with Gasteiger partial charge in [-0.1, -0.05) is 0 Å². The molecule has 1 amide bonds. The largest absolute Gasteiger partial charge is 0.411 e. The maximum absolute atomic E-state index is 12.7. The Bertz CT molecular complexity index is 723. The van der Waals surface area contributed by atoms with E-state index in [1.165, 1.54) is 20.5 Å². The smallest absolute Gasteiger partial charge is 0.362 e. The molecule has 6 nitrogen and oxygen atoms in total. The second-order valence-corrected chi connectivity index (χ2v) is 9.04. The van der Waals surface area contributed by atoms with Gasteiger partial charge in [0.25, 0.3) is 0 Å². The first-order valence-corrected chi connectivity index (χ1v) is 9.76. The molecule has 0 N–H and O–H groups in total. The van der Waals surface area contributed by atoms with Crippen molar-refractivity contribution in [1.29, 1.82) is 0 Å². The van der Waals surface area contributed by atoms with Gasteiger partial charge in [0.1, 0.15) is 13.2 Å². The van der Waals surface area contributed by atoms with E-state index >= 15 is 0 Å². The highest BCUT2D eigenvalue weighted by Gasteiger charge is 2.32. The van der Waals surface area contributed by atoms with Crippen molar-refractivity contribution in [2.75, 3.05) is 39.4 Å². The molecular weight excluding hydrogens is 381 g/mol. The number of sulfonamides is 1. The van der Waals surface area contributed by atoms with E-state index in [4.69, 9.17) is 0 Å². The minimum Gasteiger partial charge on any atom is -0.362 e. The van der Waals surface area contributed by atoms with Crippen LogP contribution in [0.1, 0.15) is 9.75 Å². The number of nitrogens with zero attached hydrogens (tertiary/aromatic N) is 2. The summed E-state index contributed by atoms with van der Waals surface area (Å²) in [6.07, 6.45) is -4.48. The molecular formula is C14H19F3N2O4S2. The fraction of sp³-hybridized carbons (Fsp3) is 0.643. The van der Waals surface area contributed by atoms with Gasteiger partial charge in [-0.2, -0.15) is 17.5 Å². The molecule has 142 valence electrons. The number of carbonyl (C=O) groups excluding carboxylic acids is 1. The van der Waals surface area contributed by atoms with Gasteiger partial charge >= 0.3 is 6.18 Å². The Kier molecular flexibility index (Phi) is 6.13. The van der Waals surface area contributed by atoms with E-state index in [0.717, 1.165) is 4.88 Å². The van der Waals surface area contributed by atoms with Gasteiger partial charge in [-0.05, 0) is 19.9 Å². The lowest BCUT2D eigenvalue weighted by atomic mass is 10.3. The minimum absolute atomic E-state index is 0.0989. The fourth-order valence-corrected chi connectivity index (χ4v) is 5.47. The summed E-state index contributed by atoms with van der Waals surface area (Å²) in [5, 5.41) is 0. The van der Waals surface area contributed by atoms with E-state index in [-0.39, 0.29) is 31.1 Å². The average Bonchev–Trinajstić information content (AvgIpc) is 2.85. The van der Waals surface area contributed by atoms with E-state index in [1.807, 2.05) is 6.92 Å². The molecule has 11 heteroatoms. The topological polar surface area (TPSA) is 66.9 Å². The highest BCUT2D eigenvalue weighted by atomic mass is 32.2. The first kappa shape index (κ1) is 20.1. The maximum Gasteiger partial charge on any atom is 0.411 e. The normalized spacial score (nSPS) is 17.1. The van der Waals surface area contributed by atoms with Gasteiger partial charge in [0.15, 0.2) is 0 Å². The number of amides is 1. The van der Waals surface area contributed by atoms with Gasteiger partial charge in [0.05, 0.1) is 4.90 Å². The number of aryl methyl sites for hydroxylation is 2. The molecule has 0 aliphatic carbocycles. The van der Waals surface area contributed by atoms with E-state index in [2.05, 4.69) is 4.74 Å². The van der Waals surface area contributed by atoms with Crippen molar-refractivity contribution in [3.05, 3.63) is 15.8 Å². The Morgan fingerprint density at radius 1 is 1.24 bits per heavy atom. The molecule has 2 heterocycles. The molecule has 2 rings (SSSR count). The zero-order chi connectivity index (χ0) is 18.8. The summed E-state index contributed by atoms with van der Waals surface area (Å²) in [7, 11) is -3.63. The van der Waals surface area contributed by atoms with Crippen LogP contribution in [-0.2, 0) is 19.6 Å². The summed E-state index contributed by atoms with van der Waals surface area (Å²) < 4.78 is 67.0. The summed E-state index contributed by atoms with van der Waals surface area (Å²) >= 11 is 1.40. The zero-order valence-electron chi connectivity index (χ0n) is 13.8. The van der Waals surface area contributed by atoms with Crippen LogP contribution < -0.4 is 0 Å². The molecule has 0 aromatic carbocycles. The molecule has 1 aliphatic heterocycles. The second kappa shape index (κ2) is 7.60. The number of rotatable bonds is 5. The van der Waals surface area contributed by atoms with Crippen molar-refractivity contribution < 1.29 is 31.1 Å². The SMILES string of the molecule is Cc1cc(S(=O)(=O)N2CCN(C(=O)COCC(F)(F)F)CC2)c(C)s1. The van der Waals surface area contributed by atoms with Crippen molar-refractivity contribution in [1.82, 2.24) is 9.21 Å². The van der Waals surface area contributed by atoms with Gasteiger partial charge in [-0.3, -0.25) is 4.79 Å². The van der Waals surface area contributed by atoms with Crippen molar-refractivity contribution in [3.8, 4) is 0 Å². The predicted octanol–water partition coefficient (Wildman–Crippen LogP) is 1.78. The lowest BCUT2D eigenvalue weighted by Gasteiger charge is -2.34. The molecule has 0 saturated carbocycles. The highest BCUT2D eigenvalue weighted by molar-refractivity contribution is 7.89. The third kappa shape index (κ3) is 5.16. The van der Waals surface area contributed by atoms with E-state index < -0.39 is 35.3 Å². The highest BCUT2D eigenvalue weighted by Crippen LogP contribution is 2.28. The Labute approximate surface area is 148 Å². The first-order chi connectivity index (χ1) is 11.5. The molecule has 1 aromatic rings. The van der Waals surface area contributed by atoms with Gasteiger partial charge < -0.3 is 9.64 Å². The van der Waals surface area contributed by atoms with Crippen LogP contribution in [0.5, 0.6) is 0 Å². The van der Waals surface area contributed by atoms with Crippen molar-refractivity contribution >= 4 is 27.3 Å². The zero-order valence-corrected chi connectivity index (χ0v) is 15.4. The third-order valence-corrected chi connectivity index (χ3v) is 6.82. The van der Waals surface area contributed by atoms with E-state index in [9.17, 15) is 26.4 Å². The molecule has 25 heavy (non-hydrogen) atoms. The van der Waals surface area contributed by atoms with Crippen LogP contribution in [0.4, 0.5) is 13.2 Å². The molecule has 1 aromatic heterocycles. The number of piperazine rings is 1. The molecule has 0 spiro atoms. The van der Waals surface area contributed by atoms with Crippen LogP contribution in [0.3, 0.4) is 0 Å². The quantitative estimate of drug-likeness (QED) is 0.756. The van der Waals surface area contributed by atoms with Crippen LogP contribution in [-0.4, -0.2) is 69.1 Å². The van der Waals surface area contributed by atoms with Gasteiger partial charge in [-0.25, -0.2) is 8.42 Å².